The molecule has 4 atom stereocenters. The second-order valence-corrected chi connectivity index (χ2v) is 7.40. The van der Waals surface area contributed by atoms with Crippen LogP contribution in [0, 0.1) is 29.6 Å². The highest BCUT2D eigenvalue weighted by Gasteiger charge is 2.15. The van der Waals surface area contributed by atoms with Gasteiger partial charge < -0.3 is 0 Å². The van der Waals surface area contributed by atoms with Crippen molar-refractivity contribution >= 4 is 0 Å². The molecule has 0 aromatic heterocycles. The first-order valence-corrected chi connectivity index (χ1v) is 8.36. The van der Waals surface area contributed by atoms with Crippen molar-refractivity contribution in [2.45, 2.75) is 87.0 Å². The zero-order chi connectivity index (χ0) is 14.1. The smallest absolute Gasteiger partial charge is 0.0415 e. The molecule has 0 aliphatic carbocycles. The van der Waals surface area contributed by atoms with E-state index in [2.05, 4.69) is 48.5 Å². The minimum atomic E-state index is 0.851. The first-order chi connectivity index (χ1) is 8.36. The zero-order valence-corrected chi connectivity index (χ0v) is 14.1. The average Bonchev–Trinajstić information content (AvgIpc) is 2.25. The minimum absolute atomic E-state index is 0.851. The van der Waals surface area contributed by atoms with Crippen LogP contribution in [0.1, 0.15) is 87.0 Å². The van der Waals surface area contributed by atoms with Gasteiger partial charge in [0.2, 0.25) is 0 Å². The molecule has 0 aliphatic heterocycles. The Morgan fingerprint density at radius 3 is 1.67 bits per heavy atom. The van der Waals surface area contributed by atoms with Gasteiger partial charge in [0.05, 0.1) is 0 Å². The lowest BCUT2D eigenvalue weighted by atomic mass is 9.82. The molecule has 0 aromatic rings. The molecule has 0 nitrogen and oxygen atoms in total. The number of hydrogen-bond acceptors (Lipinski definition) is 0. The molecule has 110 valence electrons. The fourth-order valence-electron chi connectivity index (χ4n) is 3.22. The quantitative estimate of drug-likeness (QED) is 0.415. The molecule has 0 aromatic carbocycles. The standard InChI is InChI=1S/C18H38/c1-8-9-15(4)13-16(5)10-11-17(6)18(7)12-14(2)3/h14-18H,8-13H2,1-7H3. The Kier molecular flexibility index (Phi) is 9.87. The van der Waals surface area contributed by atoms with Crippen molar-refractivity contribution in [2.24, 2.45) is 29.6 Å². The summed E-state index contributed by atoms with van der Waals surface area (Å²) in [5.74, 6) is 4.49. The molecule has 4 unspecified atom stereocenters. The maximum absolute atomic E-state index is 2.45. The first kappa shape index (κ1) is 18.0. The number of hydrogen-bond donors (Lipinski definition) is 0. The molecule has 0 spiro atoms. The van der Waals surface area contributed by atoms with E-state index >= 15 is 0 Å². The van der Waals surface area contributed by atoms with Gasteiger partial charge in [-0.25, -0.2) is 0 Å². The Morgan fingerprint density at radius 2 is 1.17 bits per heavy atom. The summed E-state index contributed by atoms with van der Waals surface area (Å²) in [6.07, 6.45) is 8.42. The Hall–Kier alpha value is 0. The van der Waals surface area contributed by atoms with Crippen molar-refractivity contribution in [3.63, 3.8) is 0 Å². The lowest BCUT2D eigenvalue weighted by Gasteiger charge is -2.24. The van der Waals surface area contributed by atoms with Gasteiger partial charge in [0, 0.05) is 0 Å². The van der Waals surface area contributed by atoms with Gasteiger partial charge in [-0.1, -0.05) is 74.1 Å². The van der Waals surface area contributed by atoms with E-state index in [1.54, 1.807) is 0 Å². The van der Waals surface area contributed by atoms with E-state index in [1.807, 2.05) is 0 Å². The SMILES string of the molecule is CCCC(C)CC(C)CCC(C)C(C)CC(C)C. The summed E-state index contributed by atoms with van der Waals surface area (Å²) < 4.78 is 0. The van der Waals surface area contributed by atoms with Crippen LogP contribution in [-0.4, -0.2) is 0 Å². The second kappa shape index (κ2) is 9.87. The van der Waals surface area contributed by atoms with Crippen LogP contribution in [0.3, 0.4) is 0 Å². The van der Waals surface area contributed by atoms with Crippen molar-refractivity contribution < 1.29 is 0 Å². The molecule has 0 saturated heterocycles. The molecule has 0 bridgehead atoms. The van der Waals surface area contributed by atoms with E-state index in [1.165, 1.54) is 38.5 Å². The van der Waals surface area contributed by atoms with E-state index in [0.29, 0.717) is 0 Å². The van der Waals surface area contributed by atoms with E-state index in [9.17, 15) is 0 Å². The summed E-state index contributed by atoms with van der Waals surface area (Å²) in [5, 5.41) is 0. The van der Waals surface area contributed by atoms with Crippen LogP contribution in [0.2, 0.25) is 0 Å². The predicted molar refractivity (Wildman–Crippen MR) is 84.9 cm³/mol. The topological polar surface area (TPSA) is 0 Å². The van der Waals surface area contributed by atoms with Crippen molar-refractivity contribution in [2.75, 3.05) is 0 Å². The molecule has 0 N–H and O–H groups in total. The van der Waals surface area contributed by atoms with Gasteiger partial charge in [0.25, 0.3) is 0 Å². The molecule has 0 fully saturated rings. The second-order valence-electron chi connectivity index (χ2n) is 7.40. The fourth-order valence-corrected chi connectivity index (χ4v) is 3.22. The van der Waals surface area contributed by atoms with Gasteiger partial charge in [-0.05, 0) is 42.4 Å². The van der Waals surface area contributed by atoms with Crippen LogP contribution in [0.25, 0.3) is 0 Å². The van der Waals surface area contributed by atoms with E-state index in [-0.39, 0.29) is 0 Å². The van der Waals surface area contributed by atoms with Crippen LogP contribution in [0.15, 0.2) is 0 Å². The molecule has 0 heteroatoms. The maximum atomic E-state index is 2.45. The third kappa shape index (κ3) is 9.00. The molecule has 0 saturated carbocycles. The molecule has 18 heavy (non-hydrogen) atoms. The summed E-state index contributed by atoms with van der Waals surface area (Å²) in [7, 11) is 0. The van der Waals surface area contributed by atoms with Crippen LogP contribution in [0.5, 0.6) is 0 Å². The molecule has 0 amide bonds. The van der Waals surface area contributed by atoms with Crippen molar-refractivity contribution in [1.82, 2.24) is 0 Å². The monoisotopic (exact) mass is 254 g/mol. The lowest BCUT2D eigenvalue weighted by Crippen LogP contribution is -2.12. The van der Waals surface area contributed by atoms with E-state index in [0.717, 1.165) is 29.6 Å². The fraction of sp³-hybridized carbons (Fsp3) is 1.00. The van der Waals surface area contributed by atoms with Gasteiger partial charge in [-0.2, -0.15) is 0 Å². The third-order valence-electron chi connectivity index (χ3n) is 4.52. The summed E-state index contributed by atoms with van der Waals surface area (Å²) in [5.41, 5.74) is 0. The largest absolute Gasteiger partial charge is 0.0654 e. The van der Waals surface area contributed by atoms with E-state index < -0.39 is 0 Å². The molecular weight excluding hydrogens is 216 g/mol. The first-order valence-electron chi connectivity index (χ1n) is 8.36. The highest BCUT2D eigenvalue weighted by Crippen LogP contribution is 2.27. The molecule has 0 radical (unpaired) electrons. The summed E-state index contributed by atoms with van der Waals surface area (Å²) in [6.45, 7) is 16.8. The third-order valence-corrected chi connectivity index (χ3v) is 4.52. The Balaban J connectivity index is 3.79. The van der Waals surface area contributed by atoms with Gasteiger partial charge >= 0.3 is 0 Å². The number of rotatable bonds is 10. The van der Waals surface area contributed by atoms with Crippen molar-refractivity contribution in [1.29, 1.82) is 0 Å². The normalized spacial score (nSPS) is 18.7. The minimum Gasteiger partial charge on any atom is -0.0654 e. The van der Waals surface area contributed by atoms with Gasteiger partial charge in [0.15, 0.2) is 0 Å². The van der Waals surface area contributed by atoms with Crippen LogP contribution in [-0.2, 0) is 0 Å². The zero-order valence-electron chi connectivity index (χ0n) is 14.1. The highest BCUT2D eigenvalue weighted by atomic mass is 14.2. The van der Waals surface area contributed by atoms with E-state index in [4.69, 9.17) is 0 Å². The van der Waals surface area contributed by atoms with Gasteiger partial charge in [0.1, 0.15) is 0 Å². The van der Waals surface area contributed by atoms with Crippen molar-refractivity contribution in [3.8, 4) is 0 Å². The predicted octanol–water partition coefficient (Wildman–Crippen LogP) is 6.55. The summed E-state index contributed by atoms with van der Waals surface area (Å²) >= 11 is 0. The van der Waals surface area contributed by atoms with Crippen LogP contribution >= 0.6 is 0 Å². The molecule has 0 rings (SSSR count). The van der Waals surface area contributed by atoms with Gasteiger partial charge in [-0.15, -0.1) is 0 Å². The molecule has 0 aliphatic rings. The highest BCUT2D eigenvalue weighted by molar-refractivity contribution is 4.67. The Bertz CT molecular complexity index is 182. The Morgan fingerprint density at radius 1 is 0.611 bits per heavy atom. The molecular formula is C18H38. The Labute approximate surface area is 117 Å². The lowest BCUT2D eigenvalue weighted by molar-refractivity contribution is 0.276. The average molecular weight is 255 g/mol. The van der Waals surface area contributed by atoms with Crippen molar-refractivity contribution in [3.05, 3.63) is 0 Å². The van der Waals surface area contributed by atoms with Crippen LogP contribution < -0.4 is 0 Å². The molecule has 0 heterocycles. The van der Waals surface area contributed by atoms with Gasteiger partial charge in [-0.3, -0.25) is 0 Å². The summed E-state index contributed by atoms with van der Waals surface area (Å²) in [6, 6.07) is 0. The van der Waals surface area contributed by atoms with Crippen LogP contribution in [0.4, 0.5) is 0 Å². The maximum Gasteiger partial charge on any atom is -0.0415 e. The summed E-state index contributed by atoms with van der Waals surface area (Å²) in [4.78, 5) is 0.